The summed E-state index contributed by atoms with van der Waals surface area (Å²) in [6, 6.07) is 8.49. The number of nitrogens with zero attached hydrogens (tertiary/aromatic N) is 2. The molecule has 1 saturated heterocycles. The van der Waals surface area contributed by atoms with Crippen molar-refractivity contribution in [2.24, 2.45) is 10.4 Å². The fourth-order valence-corrected chi connectivity index (χ4v) is 3.79. The van der Waals surface area contributed by atoms with Gasteiger partial charge >= 0.3 is 0 Å². The molecule has 0 atom stereocenters. The SMILES string of the molecule is CCOCc1ccccc1CNC(=NC)N1CCC2(CCC2)C1.I. The minimum absolute atomic E-state index is 0. The average Bonchev–Trinajstić information content (AvgIpc) is 3.00. The van der Waals surface area contributed by atoms with Crippen LogP contribution in [-0.2, 0) is 17.9 Å². The topological polar surface area (TPSA) is 36.9 Å². The van der Waals surface area contributed by atoms with Gasteiger partial charge in [0, 0.05) is 33.3 Å². The molecular weight excluding hydrogens is 413 g/mol. The maximum Gasteiger partial charge on any atom is 0.193 e. The van der Waals surface area contributed by atoms with E-state index in [1.165, 1.54) is 43.4 Å². The van der Waals surface area contributed by atoms with E-state index in [-0.39, 0.29) is 24.0 Å². The zero-order valence-electron chi connectivity index (χ0n) is 14.9. The highest BCUT2D eigenvalue weighted by atomic mass is 127. The first kappa shape index (κ1) is 19.5. The predicted molar refractivity (Wildman–Crippen MR) is 110 cm³/mol. The molecule has 0 aromatic heterocycles. The molecule has 1 aliphatic carbocycles. The van der Waals surface area contributed by atoms with Crippen LogP contribution in [0.3, 0.4) is 0 Å². The van der Waals surface area contributed by atoms with Crippen LogP contribution in [0.15, 0.2) is 29.3 Å². The fraction of sp³-hybridized carbons (Fsp3) is 0.632. The van der Waals surface area contributed by atoms with E-state index in [2.05, 4.69) is 39.5 Å². The minimum atomic E-state index is 0. The molecule has 2 aliphatic rings. The molecule has 1 aromatic carbocycles. The van der Waals surface area contributed by atoms with Crippen LogP contribution in [0.25, 0.3) is 0 Å². The van der Waals surface area contributed by atoms with Crippen molar-refractivity contribution in [1.82, 2.24) is 10.2 Å². The summed E-state index contributed by atoms with van der Waals surface area (Å²) in [6.07, 6.45) is 5.54. The monoisotopic (exact) mass is 443 g/mol. The number of halogens is 1. The first-order valence-corrected chi connectivity index (χ1v) is 8.86. The summed E-state index contributed by atoms with van der Waals surface area (Å²) in [5, 5.41) is 3.55. The minimum Gasteiger partial charge on any atom is -0.377 e. The number of hydrogen-bond donors (Lipinski definition) is 1. The highest BCUT2D eigenvalue weighted by Gasteiger charge is 2.43. The lowest BCUT2D eigenvalue weighted by molar-refractivity contribution is 0.133. The van der Waals surface area contributed by atoms with E-state index in [0.29, 0.717) is 12.0 Å². The van der Waals surface area contributed by atoms with Crippen molar-refractivity contribution in [3.05, 3.63) is 35.4 Å². The molecule has 1 heterocycles. The number of ether oxygens (including phenoxy) is 1. The summed E-state index contributed by atoms with van der Waals surface area (Å²) in [5.41, 5.74) is 3.15. The lowest BCUT2D eigenvalue weighted by Crippen LogP contribution is -2.42. The zero-order chi connectivity index (χ0) is 16.1. The zero-order valence-corrected chi connectivity index (χ0v) is 17.2. The Morgan fingerprint density at radius 1 is 1.25 bits per heavy atom. The van der Waals surface area contributed by atoms with Crippen molar-refractivity contribution in [3.63, 3.8) is 0 Å². The first-order chi connectivity index (χ1) is 11.3. The summed E-state index contributed by atoms with van der Waals surface area (Å²) in [6.45, 7) is 6.58. The van der Waals surface area contributed by atoms with Gasteiger partial charge in [-0.1, -0.05) is 30.7 Å². The number of rotatable bonds is 5. The number of hydrogen-bond acceptors (Lipinski definition) is 2. The highest BCUT2D eigenvalue weighted by Crippen LogP contribution is 2.47. The Bertz CT molecular complexity index is 557. The van der Waals surface area contributed by atoms with Crippen molar-refractivity contribution >= 4 is 29.9 Å². The van der Waals surface area contributed by atoms with Gasteiger partial charge in [0.15, 0.2) is 5.96 Å². The molecule has 3 rings (SSSR count). The van der Waals surface area contributed by atoms with Gasteiger partial charge in [0.05, 0.1) is 6.61 Å². The maximum absolute atomic E-state index is 5.57. The Balaban J connectivity index is 0.00000208. The Hall–Kier alpha value is -0.820. The molecule has 1 saturated carbocycles. The van der Waals surface area contributed by atoms with E-state index in [1.807, 2.05) is 14.0 Å². The smallest absolute Gasteiger partial charge is 0.193 e. The predicted octanol–water partition coefficient (Wildman–Crippen LogP) is 3.79. The van der Waals surface area contributed by atoms with Gasteiger partial charge in [0.2, 0.25) is 0 Å². The van der Waals surface area contributed by atoms with E-state index < -0.39 is 0 Å². The van der Waals surface area contributed by atoms with Crippen LogP contribution in [0.4, 0.5) is 0 Å². The molecule has 2 fully saturated rings. The quantitative estimate of drug-likeness (QED) is 0.428. The van der Waals surface area contributed by atoms with E-state index in [0.717, 1.165) is 25.7 Å². The van der Waals surface area contributed by atoms with E-state index in [4.69, 9.17) is 4.74 Å². The van der Waals surface area contributed by atoms with Crippen LogP contribution in [0, 0.1) is 5.41 Å². The van der Waals surface area contributed by atoms with Crippen molar-refractivity contribution in [1.29, 1.82) is 0 Å². The van der Waals surface area contributed by atoms with Gasteiger partial charge in [0.25, 0.3) is 0 Å². The van der Waals surface area contributed by atoms with Gasteiger partial charge in [-0.15, -0.1) is 24.0 Å². The molecule has 0 radical (unpaired) electrons. The largest absolute Gasteiger partial charge is 0.377 e. The molecule has 0 bridgehead atoms. The molecule has 4 nitrogen and oxygen atoms in total. The number of aliphatic imine (C=N–C) groups is 1. The fourth-order valence-electron chi connectivity index (χ4n) is 3.79. The lowest BCUT2D eigenvalue weighted by atomic mass is 9.68. The van der Waals surface area contributed by atoms with E-state index >= 15 is 0 Å². The molecular formula is C19H30IN3O. The summed E-state index contributed by atoms with van der Waals surface area (Å²) in [5.74, 6) is 1.04. The highest BCUT2D eigenvalue weighted by molar-refractivity contribution is 14.0. The summed E-state index contributed by atoms with van der Waals surface area (Å²) in [7, 11) is 1.89. The Morgan fingerprint density at radius 2 is 2.00 bits per heavy atom. The summed E-state index contributed by atoms with van der Waals surface area (Å²) < 4.78 is 5.57. The molecule has 0 unspecified atom stereocenters. The molecule has 0 amide bonds. The van der Waals surface area contributed by atoms with Gasteiger partial charge < -0.3 is 15.0 Å². The third-order valence-corrected chi connectivity index (χ3v) is 5.38. The molecule has 1 aromatic rings. The Kier molecular flexibility index (Phi) is 7.34. The van der Waals surface area contributed by atoms with E-state index in [9.17, 15) is 0 Å². The molecule has 134 valence electrons. The van der Waals surface area contributed by atoms with E-state index in [1.54, 1.807) is 0 Å². The summed E-state index contributed by atoms with van der Waals surface area (Å²) in [4.78, 5) is 6.94. The van der Waals surface area contributed by atoms with Crippen molar-refractivity contribution in [3.8, 4) is 0 Å². The maximum atomic E-state index is 5.57. The van der Waals surface area contributed by atoms with Crippen LogP contribution >= 0.6 is 24.0 Å². The average molecular weight is 443 g/mol. The molecule has 24 heavy (non-hydrogen) atoms. The summed E-state index contributed by atoms with van der Waals surface area (Å²) >= 11 is 0. The van der Waals surface area contributed by atoms with Crippen LogP contribution < -0.4 is 5.32 Å². The number of likely N-dealkylation sites (tertiary alicyclic amines) is 1. The Labute approximate surface area is 163 Å². The van der Waals surface area contributed by atoms with Gasteiger partial charge in [0.1, 0.15) is 0 Å². The van der Waals surface area contributed by atoms with Crippen molar-refractivity contribution in [2.45, 2.75) is 45.8 Å². The van der Waals surface area contributed by atoms with Crippen LogP contribution in [0.1, 0.15) is 43.7 Å². The molecule has 5 heteroatoms. The van der Waals surface area contributed by atoms with Gasteiger partial charge in [-0.05, 0) is 42.7 Å². The second kappa shape index (κ2) is 9.04. The lowest BCUT2D eigenvalue weighted by Gasteiger charge is -2.38. The standard InChI is InChI=1S/C19H29N3O.HI/c1-3-23-14-17-8-5-4-7-16(17)13-21-18(20-2)22-12-11-19(15-22)9-6-10-19;/h4-5,7-8H,3,6,9-15H2,1-2H3,(H,20,21);1H. The number of guanidine groups is 1. The van der Waals surface area contributed by atoms with Crippen LogP contribution in [-0.4, -0.2) is 37.6 Å². The first-order valence-electron chi connectivity index (χ1n) is 8.86. The number of benzene rings is 1. The third-order valence-electron chi connectivity index (χ3n) is 5.38. The van der Waals surface area contributed by atoms with Gasteiger partial charge in [-0.25, -0.2) is 0 Å². The normalized spacial score (nSPS) is 19.1. The van der Waals surface area contributed by atoms with Crippen molar-refractivity contribution in [2.75, 3.05) is 26.7 Å². The number of nitrogens with one attached hydrogen (secondary N) is 1. The van der Waals surface area contributed by atoms with Crippen LogP contribution in [0.5, 0.6) is 0 Å². The second-order valence-corrected chi connectivity index (χ2v) is 6.83. The Morgan fingerprint density at radius 3 is 2.58 bits per heavy atom. The molecule has 1 spiro atoms. The third kappa shape index (κ3) is 4.42. The van der Waals surface area contributed by atoms with Crippen molar-refractivity contribution < 1.29 is 4.74 Å². The molecule has 1 N–H and O–H groups in total. The van der Waals surface area contributed by atoms with Gasteiger partial charge in [-0.3, -0.25) is 4.99 Å². The van der Waals surface area contributed by atoms with Gasteiger partial charge in [-0.2, -0.15) is 0 Å². The second-order valence-electron chi connectivity index (χ2n) is 6.83. The molecule has 1 aliphatic heterocycles. The van der Waals surface area contributed by atoms with Crippen LogP contribution in [0.2, 0.25) is 0 Å².